The van der Waals surface area contributed by atoms with Crippen molar-refractivity contribution in [2.24, 2.45) is 4.99 Å². The highest BCUT2D eigenvalue weighted by molar-refractivity contribution is 14.0. The molecule has 1 aromatic carbocycles. The lowest BCUT2D eigenvalue weighted by Crippen LogP contribution is -2.42. The number of nitrogens with one attached hydrogen (secondary N) is 2. The summed E-state index contributed by atoms with van der Waals surface area (Å²) in [6.45, 7) is 4.52. The van der Waals surface area contributed by atoms with Crippen LogP contribution in [0.4, 0.5) is 13.2 Å². The monoisotopic (exact) mass is 502 g/mol. The Morgan fingerprint density at radius 1 is 1.30 bits per heavy atom. The second-order valence-electron chi connectivity index (χ2n) is 6.33. The molecule has 0 fully saturated rings. The van der Waals surface area contributed by atoms with E-state index in [9.17, 15) is 13.2 Å². The third-order valence-electron chi connectivity index (χ3n) is 3.57. The summed E-state index contributed by atoms with van der Waals surface area (Å²) >= 11 is 0. The molecule has 27 heavy (non-hydrogen) atoms. The summed E-state index contributed by atoms with van der Waals surface area (Å²) in [5.74, 6) is 1.41. The minimum absolute atomic E-state index is 0. The van der Waals surface area contributed by atoms with Gasteiger partial charge in [0.25, 0.3) is 0 Å². The number of benzene rings is 1. The number of hydrogen-bond acceptors (Lipinski definition) is 3. The molecule has 1 rings (SSSR count). The number of halogens is 4. The van der Waals surface area contributed by atoms with E-state index in [1.165, 1.54) is 11.9 Å². The fourth-order valence-corrected chi connectivity index (χ4v) is 2.36. The van der Waals surface area contributed by atoms with Gasteiger partial charge in [0.05, 0.1) is 13.1 Å². The molecule has 0 saturated carbocycles. The smallest absolute Gasteiger partial charge is 0.401 e. The quantitative estimate of drug-likeness (QED) is 0.235. The first-order valence-corrected chi connectivity index (χ1v) is 8.62. The zero-order chi connectivity index (χ0) is 19.6. The average molecular weight is 502 g/mol. The van der Waals surface area contributed by atoms with Gasteiger partial charge in [-0.15, -0.1) is 24.0 Å². The molecule has 0 aliphatic heterocycles. The van der Waals surface area contributed by atoms with Gasteiger partial charge < -0.3 is 15.4 Å². The molecular formula is C18H30F3IN4O. The number of alkyl halides is 3. The Bertz CT molecular complexity index is 570. The number of nitrogens with zero attached hydrogens (tertiary/aromatic N) is 2. The summed E-state index contributed by atoms with van der Waals surface area (Å²) in [7, 11) is 3.11. The van der Waals surface area contributed by atoms with Crippen LogP contribution in [0.2, 0.25) is 0 Å². The molecule has 1 unspecified atom stereocenters. The Morgan fingerprint density at radius 2 is 2.00 bits per heavy atom. The molecule has 0 spiro atoms. The van der Waals surface area contributed by atoms with E-state index >= 15 is 0 Å². The molecule has 0 aliphatic rings. The molecule has 0 saturated heterocycles. The number of guanidine groups is 1. The predicted octanol–water partition coefficient (Wildman–Crippen LogP) is 3.43. The molecule has 0 bridgehead atoms. The predicted molar refractivity (Wildman–Crippen MR) is 114 cm³/mol. The largest absolute Gasteiger partial charge is 0.489 e. The van der Waals surface area contributed by atoms with Crippen molar-refractivity contribution in [3.05, 3.63) is 29.8 Å². The standard InChI is InChI=1S/C18H29F3N4O.HI/c1-14-7-5-8-16(11-14)26-15(2)12-24-17(22-3)23-9-6-10-25(4)13-18(19,20)21;/h5,7-8,11,15H,6,9-10,12-13H2,1-4H3,(H2,22,23,24);1H. The lowest BCUT2D eigenvalue weighted by molar-refractivity contribution is -0.143. The number of hydrogen-bond donors (Lipinski definition) is 2. The molecule has 156 valence electrons. The van der Waals surface area contributed by atoms with Crippen LogP contribution in [0.5, 0.6) is 5.75 Å². The van der Waals surface area contributed by atoms with Gasteiger partial charge in [-0.3, -0.25) is 9.89 Å². The van der Waals surface area contributed by atoms with Crippen LogP contribution >= 0.6 is 24.0 Å². The van der Waals surface area contributed by atoms with E-state index in [1.54, 1.807) is 7.05 Å². The van der Waals surface area contributed by atoms with Gasteiger partial charge in [-0.2, -0.15) is 13.2 Å². The fourth-order valence-electron chi connectivity index (χ4n) is 2.36. The molecular weight excluding hydrogens is 472 g/mol. The van der Waals surface area contributed by atoms with E-state index < -0.39 is 12.7 Å². The molecule has 0 aliphatic carbocycles. The van der Waals surface area contributed by atoms with E-state index in [1.807, 2.05) is 38.1 Å². The van der Waals surface area contributed by atoms with Gasteiger partial charge in [-0.25, -0.2) is 0 Å². The molecule has 0 radical (unpaired) electrons. The number of aryl methyl sites for hydroxylation is 1. The summed E-state index contributed by atoms with van der Waals surface area (Å²) in [4.78, 5) is 5.36. The fraction of sp³-hybridized carbons (Fsp3) is 0.611. The maximum Gasteiger partial charge on any atom is 0.401 e. The van der Waals surface area contributed by atoms with Gasteiger partial charge >= 0.3 is 6.18 Å². The van der Waals surface area contributed by atoms with Crippen molar-refractivity contribution in [2.45, 2.75) is 32.5 Å². The molecule has 9 heteroatoms. The van der Waals surface area contributed by atoms with Crippen molar-refractivity contribution in [1.29, 1.82) is 0 Å². The van der Waals surface area contributed by atoms with Crippen LogP contribution in [-0.2, 0) is 0 Å². The second kappa shape index (κ2) is 13.0. The molecule has 0 heterocycles. The van der Waals surface area contributed by atoms with Gasteiger partial charge in [0.1, 0.15) is 11.9 Å². The van der Waals surface area contributed by atoms with E-state index in [-0.39, 0.29) is 30.1 Å². The summed E-state index contributed by atoms with van der Waals surface area (Å²) in [6.07, 6.45) is -3.64. The van der Waals surface area contributed by atoms with Gasteiger partial charge in [0.15, 0.2) is 5.96 Å². The zero-order valence-corrected chi connectivity index (χ0v) is 18.6. The summed E-state index contributed by atoms with van der Waals surface area (Å²) in [6, 6.07) is 7.84. The third-order valence-corrected chi connectivity index (χ3v) is 3.57. The van der Waals surface area contributed by atoms with Gasteiger partial charge in [-0.1, -0.05) is 12.1 Å². The highest BCUT2D eigenvalue weighted by Gasteiger charge is 2.28. The maximum absolute atomic E-state index is 12.3. The molecule has 2 N–H and O–H groups in total. The van der Waals surface area contributed by atoms with Crippen LogP contribution in [0.3, 0.4) is 0 Å². The minimum Gasteiger partial charge on any atom is -0.489 e. The number of aliphatic imine (C=N–C) groups is 1. The Balaban J connectivity index is 0.00000676. The van der Waals surface area contributed by atoms with Crippen LogP contribution in [0.25, 0.3) is 0 Å². The van der Waals surface area contributed by atoms with Crippen molar-refractivity contribution in [3.63, 3.8) is 0 Å². The molecule has 5 nitrogen and oxygen atoms in total. The second-order valence-corrected chi connectivity index (χ2v) is 6.33. The number of rotatable bonds is 9. The Hall–Kier alpha value is -1.23. The van der Waals surface area contributed by atoms with Crippen molar-refractivity contribution >= 4 is 29.9 Å². The van der Waals surface area contributed by atoms with Crippen LogP contribution in [0.15, 0.2) is 29.3 Å². The van der Waals surface area contributed by atoms with E-state index in [0.29, 0.717) is 32.0 Å². The lowest BCUT2D eigenvalue weighted by atomic mass is 10.2. The van der Waals surface area contributed by atoms with Gasteiger partial charge in [0.2, 0.25) is 0 Å². The van der Waals surface area contributed by atoms with Crippen molar-refractivity contribution < 1.29 is 17.9 Å². The van der Waals surface area contributed by atoms with Gasteiger partial charge in [-0.05, 0) is 51.6 Å². The summed E-state index contributed by atoms with van der Waals surface area (Å²) in [5, 5.41) is 6.24. The van der Waals surface area contributed by atoms with Crippen molar-refractivity contribution in [2.75, 3.05) is 40.3 Å². The van der Waals surface area contributed by atoms with Crippen LogP contribution < -0.4 is 15.4 Å². The lowest BCUT2D eigenvalue weighted by Gasteiger charge is -2.20. The third kappa shape index (κ3) is 12.7. The van der Waals surface area contributed by atoms with Gasteiger partial charge in [0, 0.05) is 13.6 Å². The van der Waals surface area contributed by atoms with E-state index in [2.05, 4.69) is 15.6 Å². The first-order chi connectivity index (χ1) is 12.2. The van der Waals surface area contributed by atoms with Crippen LogP contribution in [0, 0.1) is 6.92 Å². The molecule has 0 aromatic heterocycles. The van der Waals surface area contributed by atoms with E-state index in [0.717, 1.165) is 11.3 Å². The first-order valence-electron chi connectivity index (χ1n) is 8.62. The first kappa shape index (κ1) is 25.8. The Labute approximate surface area is 176 Å². The Kier molecular flexibility index (Phi) is 12.4. The highest BCUT2D eigenvalue weighted by Crippen LogP contribution is 2.15. The number of ether oxygens (including phenoxy) is 1. The summed E-state index contributed by atoms with van der Waals surface area (Å²) < 4.78 is 42.6. The topological polar surface area (TPSA) is 48.9 Å². The van der Waals surface area contributed by atoms with Crippen LogP contribution in [0.1, 0.15) is 18.9 Å². The normalized spacial score (nSPS) is 13.1. The summed E-state index contributed by atoms with van der Waals surface area (Å²) in [5.41, 5.74) is 1.13. The zero-order valence-electron chi connectivity index (χ0n) is 16.3. The maximum atomic E-state index is 12.3. The van der Waals surface area contributed by atoms with Crippen molar-refractivity contribution in [1.82, 2.24) is 15.5 Å². The average Bonchev–Trinajstić information content (AvgIpc) is 2.52. The molecule has 1 aromatic rings. The SMILES string of the molecule is CN=C(NCCCN(C)CC(F)(F)F)NCC(C)Oc1cccc(C)c1.I. The minimum atomic E-state index is -4.16. The van der Waals surface area contributed by atoms with E-state index in [4.69, 9.17) is 4.74 Å². The van der Waals surface area contributed by atoms with Crippen molar-refractivity contribution in [3.8, 4) is 5.75 Å². The van der Waals surface area contributed by atoms with Crippen LogP contribution in [-0.4, -0.2) is 63.4 Å². The molecule has 1 atom stereocenters. The Morgan fingerprint density at radius 3 is 2.59 bits per heavy atom. The molecule has 0 amide bonds. The highest BCUT2D eigenvalue weighted by atomic mass is 127.